The third-order valence-electron chi connectivity index (χ3n) is 7.30. The lowest BCUT2D eigenvalue weighted by Crippen LogP contribution is -2.50. The van der Waals surface area contributed by atoms with Crippen molar-refractivity contribution in [3.05, 3.63) is 71.6 Å². The van der Waals surface area contributed by atoms with Gasteiger partial charge in [-0.1, -0.05) is 69.4 Å². The van der Waals surface area contributed by atoms with Gasteiger partial charge in [0.1, 0.15) is 11.6 Å². The minimum atomic E-state index is -0.363. The normalized spacial score (nSPS) is 14.1. The zero-order valence-corrected chi connectivity index (χ0v) is 23.6. The number of methoxy groups -OCH3 is 1. The van der Waals surface area contributed by atoms with Crippen LogP contribution in [-0.2, 0) is 4.79 Å². The Morgan fingerprint density at radius 1 is 0.949 bits per heavy atom. The maximum absolute atomic E-state index is 13.4. The van der Waals surface area contributed by atoms with E-state index < -0.39 is 0 Å². The molecule has 1 aliphatic heterocycles. The lowest BCUT2D eigenvalue weighted by Gasteiger charge is -2.36. The minimum Gasteiger partial charge on any atom is -0.496 e. The molecule has 0 spiro atoms. The second-order valence-electron chi connectivity index (χ2n) is 10.1. The molecule has 1 aliphatic rings. The number of nitrogens with zero attached hydrogens (tertiary/aromatic N) is 3. The van der Waals surface area contributed by atoms with Crippen LogP contribution in [0.1, 0.15) is 67.8 Å². The molecule has 2 aromatic rings. The highest BCUT2D eigenvalue weighted by Gasteiger charge is 2.22. The van der Waals surface area contributed by atoms with Crippen LogP contribution in [0.5, 0.6) is 5.75 Å². The van der Waals surface area contributed by atoms with E-state index >= 15 is 0 Å². The molecule has 0 unspecified atom stereocenters. The van der Waals surface area contributed by atoms with E-state index in [-0.39, 0.29) is 17.6 Å². The minimum absolute atomic E-state index is 0.132. The molecule has 1 fully saturated rings. The molecule has 1 heterocycles. The molecule has 3 rings (SSSR count). The summed E-state index contributed by atoms with van der Waals surface area (Å²) in [5, 5.41) is 0. The fourth-order valence-electron chi connectivity index (χ4n) is 4.86. The molecule has 2 amide bonds. The first-order valence-electron chi connectivity index (χ1n) is 14.4. The SMILES string of the molecule is CCCCCCCCC(=O)N1CCN(CCN(C/C=C/c2ccccc2OC)C(=O)c2ccc(F)cc2)CC1. The van der Waals surface area contributed by atoms with E-state index in [1.54, 1.807) is 12.0 Å². The summed E-state index contributed by atoms with van der Waals surface area (Å²) in [6, 6.07) is 13.4. The molecule has 6 nitrogen and oxygen atoms in total. The largest absolute Gasteiger partial charge is 0.496 e. The number of carbonyl (C=O) groups is 2. The summed E-state index contributed by atoms with van der Waals surface area (Å²) in [6.45, 7) is 6.96. The number of carbonyl (C=O) groups excluding carboxylic acids is 2. The summed E-state index contributed by atoms with van der Waals surface area (Å²) >= 11 is 0. The number of unbranched alkanes of at least 4 members (excludes halogenated alkanes) is 5. The van der Waals surface area contributed by atoms with E-state index in [9.17, 15) is 14.0 Å². The first-order chi connectivity index (χ1) is 19.0. The molecule has 0 saturated carbocycles. The topological polar surface area (TPSA) is 53.1 Å². The summed E-state index contributed by atoms with van der Waals surface area (Å²) < 4.78 is 18.9. The Labute approximate surface area is 233 Å². The predicted molar refractivity (Wildman–Crippen MR) is 155 cm³/mol. The Kier molecular flexibility index (Phi) is 13.0. The standard InChI is InChI=1S/C32H44FN3O3/c1-3-4-5-6-7-8-15-31(37)35-24-21-34(22-25-35)23-26-36(32(38)28-16-18-29(33)19-17-28)20-11-13-27-12-9-10-14-30(27)39-2/h9-14,16-19H,3-8,15,20-26H2,1-2H3/b13-11+. The zero-order valence-electron chi connectivity index (χ0n) is 23.6. The van der Waals surface area contributed by atoms with Crippen LogP contribution in [0.4, 0.5) is 4.39 Å². The number of ether oxygens (including phenoxy) is 1. The molecule has 1 saturated heterocycles. The average Bonchev–Trinajstić information content (AvgIpc) is 2.97. The Morgan fingerprint density at radius 3 is 2.36 bits per heavy atom. The van der Waals surface area contributed by atoms with Gasteiger partial charge in [0, 0.05) is 63.4 Å². The van der Waals surface area contributed by atoms with Crippen LogP contribution in [0.15, 0.2) is 54.6 Å². The van der Waals surface area contributed by atoms with Gasteiger partial charge in [0.2, 0.25) is 5.91 Å². The molecule has 0 bridgehead atoms. The molecular formula is C32H44FN3O3. The van der Waals surface area contributed by atoms with Crippen molar-refractivity contribution in [1.29, 1.82) is 0 Å². The van der Waals surface area contributed by atoms with Gasteiger partial charge in [-0.15, -0.1) is 0 Å². The van der Waals surface area contributed by atoms with Gasteiger partial charge in [-0.2, -0.15) is 0 Å². The van der Waals surface area contributed by atoms with E-state index in [0.29, 0.717) is 25.1 Å². The summed E-state index contributed by atoms with van der Waals surface area (Å²) in [4.78, 5) is 32.0. The number of para-hydroxylation sites is 1. The fourth-order valence-corrected chi connectivity index (χ4v) is 4.86. The third kappa shape index (κ3) is 10.1. The lowest BCUT2D eigenvalue weighted by atomic mass is 10.1. The molecule has 7 heteroatoms. The van der Waals surface area contributed by atoms with E-state index in [1.165, 1.54) is 49.9 Å². The highest BCUT2D eigenvalue weighted by molar-refractivity contribution is 5.94. The third-order valence-corrected chi connectivity index (χ3v) is 7.30. The van der Waals surface area contributed by atoms with Gasteiger partial charge in [0.05, 0.1) is 7.11 Å². The summed E-state index contributed by atoms with van der Waals surface area (Å²) in [7, 11) is 1.64. The van der Waals surface area contributed by atoms with Crippen LogP contribution in [0.2, 0.25) is 0 Å². The number of hydrogen-bond acceptors (Lipinski definition) is 4. The van der Waals surface area contributed by atoms with Gasteiger partial charge < -0.3 is 14.5 Å². The van der Waals surface area contributed by atoms with Crippen molar-refractivity contribution in [2.24, 2.45) is 0 Å². The molecule has 0 aliphatic carbocycles. The summed E-state index contributed by atoms with van der Waals surface area (Å²) in [5.41, 5.74) is 1.41. The zero-order chi connectivity index (χ0) is 27.9. The quantitative estimate of drug-likeness (QED) is 0.266. The van der Waals surface area contributed by atoms with Crippen molar-refractivity contribution in [3.63, 3.8) is 0 Å². The lowest BCUT2D eigenvalue weighted by molar-refractivity contribution is -0.133. The Balaban J connectivity index is 1.51. The monoisotopic (exact) mass is 537 g/mol. The Bertz CT molecular complexity index is 1050. The van der Waals surface area contributed by atoms with E-state index in [1.807, 2.05) is 41.3 Å². The van der Waals surface area contributed by atoms with Crippen molar-refractivity contribution in [1.82, 2.24) is 14.7 Å². The van der Waals surface area contributed by atoms with Crippen LogP contribution in [0.25, 0.3) is 6.08 Å². The van der Waals surface area contributed by atoms with Crippen LogP contribution in [-0.4, -0.2) is 79.4 Å². The van der Waals surface area contributed by atoms with Crippen molar-refractivity contribution in [2.75, 3.05) is 52.9 Å². The molecule has 39 heavy (non-hydrogen) atoms. The van der Waals surface area contributed by atoms with Gasteiger partial charge in [0.15, 0.2) is 0 Å². The van der Waals surface area contributed by atoms with Gasteiger partial charge in [-0.05, 0) is 36.8 Å². The van der Waals surface area contributed by atoms with Crippen molar-refractivity contribution < 1.29 is 18.7 Å². The van der Waals surface area contributed by atoms with Crippen molar-refractivity contribution >= 4 is 17.9 Å². The predicted octanol–water partition coefficient (Wildman–Crippen LogP) is 5.88. The average molecular weight is 538 g/mol. The van der Waals surface area contributed by atoms with Crippen LogP contribution < -0.4 is 4.74 Å². The summed E-state index contributed by atoms with van der Waals surface area (Å²) in [6.07, 6.45) is 11.7. The first kappa shape index (κ1) is 30.4. The number of piperazine rings is 1. The van der Waals surface area contributed by atoms with Gasteiger partial charge in [0.25, 0.3) is 5.91 Å². The highest BCUT2D eigenvalue weighted by Crippen LogP contribution is 2.19. The smallest absolute Gasteiger partial charge is 0.254 e. The van der Waals surface area contributed by atoms with Crippen LogP contribution in [0.3, 0.4) is 0 Å². The Morgan fingerprint density at radius 2 is 1.64 bits per heavy atom. The summed E-state index contributed by atoms with van der Waals surface area (Å²) in [5.74, 6) is 0.541. The molecule has 0 radical (unpaired) electrons. The Hall–Kier alpha value is -3.19. The molecular weight excluding hydrogens is 493 g/mol. The molecule has 0 N–H and O–H groups in total. The highest BCUT2D eigenvalue weighted by atomic mass is 19.1. The molecule has 2 aromatic carbocycles. The number of benzene rings is 2. The van der Waals surface area contributed by atoms with Gasteiger partial charge in [-0.25, -0.2) is 4.39 Å². The van der Waals surface area contributed by atoms with Crippen molar-refractivity contribution in [3.8, 4) is 5.75 Å². The van der Waals surface area contributed by atoms with E-state index in [2.05, 4.69) is 11.8 Å². The molecule has 0 atom stereocenters. The first-order valence-corrected chi connectivity index (χ1v) is 14.4. The molecule has 212 valence electrons. The maximum Gasteiger partial charge on any atom is 0.254 e. The fraction of sp³-hybridized carbons (Fsp3) is 0.500. The van der Waals surface area contributed by atoms with Crippen LogP contribution in [0, 0.1) is 5.82 Å². The van der Waals surface area contributed by atoms with Crippen LogP contribution >= 0.6 is 0 Å². The maximum atomic E-state index is 13.4. The number of amides is 2. The van der Waals surface area contributed by atoms with E-state index in [0.717, 1.165) is 56.9 Å². The second-order valence-corrected chi connectivity index (χ2v) is 10.1. The van der Waals surface area contributed by atoms with Crippen molar-refractivity contribution in [2.45, 2.75) is 51.9 Å². The number of rotatable bonds is 15. The number of halogens is 1. The molecule has 0 aromatic heterocycles. The van der Waals surface area contributed by atoms with Gasteiger partial charge >= 0.3 is 0 Å². The number of hydrogen-bond donors (Lipinski definition) is 0. The van der Waals surface area contributed by atoms with Gasteiger partial charge in [-0.3, -0.25) is 14.5 Å². The second kappa shape index (κ2) is 16.7. The van der Waals surface area contributed by atoms with E-state index in [4.69, 9.17) is 4.74 Å².